The highest BCUT2D eigenvalue weighted by Crippen LogP contribution is 2.43. The van der Waals surface area contributed by atoms with Crippen molar-refractivity contribution in [3.8, 4) is 0 Å². The van der Waals surface area contributed by atoms with Crippen LogP contribution in [0.25, 0.3) is 10.9 Å². The highest BCUT2D eigenvalue weighted by Gasteiger charge is 2.39. The second kappa shape index (κ2) is 9.67. The molecule has 0 fully saturated rings. The molecule has 6 heteroatoms. The molecule has 0 saturated heterocycles. The molecule has 4 nitrogen and oxygen atoms in total. The molecule has 1 atom stereocenters. The van der Waals surface area contributed by atoms with Crippen LogP contribution in [0.3, 0.4) is 0 Å². The van der Waals surface area contributed by atoms with Gasteiger partial charge in [-0.1, -0.05) is 84.1 Å². The number of nitrogens with zero attached hydrogens (tertiary/aromatic N) is 2. The van der Waals surface area contributed by atoms with Crippen molar-refractivity contribution in [3.05, 3.63) is 64.8 Å². The Kier molecular flexibility index (Phi) is 7.49. The monoisotopic (exact) mass is 528 g/mol. The van der Waals surface area contributed by atoms with Crippen LogP contribution in [0.4, 0.5) is 5.69 Å². The van der Waals surface area contributed by atoms with Crippen molar-refractivity contribution in [3.63, 3.8) is 0 Å². The van der Waals surface area contributed by atoms with E-state index in [1.165, 1.54) is 5.52 Å². The first-order chi connectivity index (χ1) is 15.4. The topological polar surface area (TPSA) is 34.5 Å². The van der Waals surface area contributed by atoms with Crippen LogP contribution in [0, 0.1) is 5.92 Å². The standard InChI is InChI=1S/C27H37BrN2O2Si/c1-19(2)25(26(31)32-18-20-13-10-9-11-14-20)29(6)22-15-12-16-23-24(22)21(28)17-30(23)33(7,8)27(3,4)5/h9-17,19,25H,18H2,1-8H3/t25-/m0/s1. The van der Waals surface area contributed by atoms with E-state index in [-0.39, 0.29) is 29.6 Å². The van der Waals surface area contributed by atoms with Crippen LogP contribution in [0.1, 0.15) is 40.2 Å². The van der Waals surface area contributed by atoms with Crippen LogP contribution in [0.2, 0.25) is 18.1 Å². The van der Waals surface area contributed by atoms with Gasteiger partial charge >= 0.3 is 5.97 Å². The number of hydrogen-bond acceptors (Lipinski definition) is 3. The maximum absolute atomic E-state index is 13.2. The molecule has 0 unspecified atom stereocenters. The molecule has 1 heterocycles. The second-order valence-corrected chi connectivity index (χ2v) is 16.7. The number of aromatic nitrogens is 1. The molecule has 0 aliphatic rings. The van der Waals surface area contributed by atoms with Crippen molar-refractivity contribution < 1.29 is 9.53 Å². The summed E-state index contributed by atoms with van der Waals surface area (Å²) in [5, 5.41) is 1.34. The Hall–Kier alpha value is -2.05. The van der Waals surface area contributed by atoms with Crippen LogP contribution in [0.5, 0.6) is 0 Å². The summed E-state index contributed by atoms with van der Waals surface area (Å²) < 4.78 is 9.30. The van der Waals surface area contributed by atoms with Crippen molar-refractivity contribution in [1.82, 2.24) is 4.23 Å². The number of fused-ring (bicyclic) bond motifs is 1. The molecule has 178 valence electrons. The molecule has 3 rings (SSSR count). The highest BCUT2D eigenvalue weighted by atomic mass is 79.9. The van der Waals surface area contributed by atoms with Crippen LogP contribution < -0.4 is 4.90 Å². The first-order valence-electron chi connectivity index (χ1n) is 11.6. The van der Waals surface area contributed by atoms with E-state index in [2.05, 4.69) is 97.2 Å². The molecule has 3 aromatic rings. The fourth-order valence-electron chi connectivity index (χ4n) is 4.18. The predicted molar refractivity (Wildman–Crippen MR) is 145 cm³/mol. The summed E-state index contributed by atoms with van der Waals surface area (Å²) in [6.07, 6.45) is 2.23. The van der Waals surface area contributed by atoms with Gasteiger partial charge in [-0.25, -0.2) is 4.79 Å². The minimum atomic E-state index is -1.83. The van der Waals surface area contributed by atoms with Gasteiger partial charge < -0.3 is 13.9 Å². The van der Waals surface area contributed by atoms with Gasteiger partial charge in [0.2, 0.25) is 0 Å². The molecule has 33 heavy (non-hydrogen) atoms. The second-order valence-electron chi connectivity index (χ2n) is 10.7. The van der Waals surface area contributed by atoms with E-state index in [4.69, 9.17) is 4.74 Å². The first kappa shape index (κ1) is 25.6. The molecular weight excluding hydrogens is 492 g/mol. The van der Waals surface area contributed by atoms with Crippen molar-refractivity contribution >= 4 is 46.7 Å². The number of rotatable bonds is 7. The van der Waals surface area contributed by atoms with Crippen molar-refractivity contribution in [2.24, 2.45) is 5.92 Å². The molecular formula is C27H37BrN2O2Si. The van der Waals surface area contributed by atoms with Gasteiger partial charge in [0.25, 0.3) is 0 Å². The summed E-state index contributed by atoms with van der Waals surface area (Å²) in [6.45, 7) is 16.2. The number of anilines is 1. The maximum Gasteiger partial charge on any atom is 0.329 e. The number of ether oxygens (including phenoxy) is 1. The number of benzene rings is 2. The molecule has 0 aliphatic carbocycles. The smallest absolute Gasteiger partial charge is 0.329 e. The van der Waals surface area contributed by atoms with Crippen LogP contribution >= 0.6 is 15.9 Å². The molecule has 1 aromatic heterocycles. The lowest BCUT2D eigenvalue weighted by Gasteiger charge is -2.38. The lowest BCUT2D eigenvalue weighted by molar-refractivity contribution is -0.147. The minimum Gasteiger partial charge on any atom is -0.459 e. The largest absolute Gasteiger partial charge is 0.459 e. The highest BCUT2D eigenvalue weighted by molar-refractivity contribution is 9.10. The Bertz CT molecular complexity index is 1120. The van der Waals surface area contributed by atoms with Crippen LogP contribution in [-0.4, -0.2) is 31.5 Å². The zero-order chi connectivity index (χ0) is 24.6. The summed E-state index contributed by atoms with van der Waals surface area (Å²) >= 11 is 3.84. The molecule has 0 bridgehead atoms. The van der Waals surface area contributed by atoms with E-state index in [9.17, 15) is 4.79 Å². The summed E-state index contributed by atoms with van der Waals surface area (Å²) in [5.41, 5.74) is 3.23. The average molecular weight is 530 g/mol. The average Bonchev–Trinajstić information content (AvgIpc) is 3.09. The number of carbonyl (C=O) groups excluding carboxylic acids is 1. The van der Waals surface area contributed by atoms with E-state index in [1.54, 1.807) is 0 Å². The molecule has 0 spiro atoms. The van der Waals surface area contributed by atoms with E-state index < -0.39 is 8.24 Å². The Morgan fingerprint density at radius 3 is 2.30 bits per heavy atom. The number of halogens is 1. The van der Waals surface area contributed by atoms with Crippen LogP contribution in [-0.2, 0) is 16.1 Å². The van der Waals surface area contributed by atoms with E-state index >= 15 is 0 Å². The van der Waals surface area contributed by atoms with Gasteiger partial charge in [0.15, 0.2) is 8.24 Å². The van der Waals surface area contributed by atoms with Gasteiger partial charge in [0, 0.05) is 34.3 Å². The zero-order valence-corrected chi connectivity index (χ0v) is 23.7. The third-order valence-corrected chi connectivity index (χ3v) is 12.9. The number of esters is 1. The fraction of sp³-hybridized carbons (Fsp3) is 0.444. The van der Waals surface area contributed by atoms with E-state index in [0.29, 0.717) is 0 Å². The number of carbonyl (C=O) groups is 1. The molecule has 0 amide bonds. The Balaban J connectivity index is 1.99. The Morgan fingerprint density at radius 1 is 1.09 bits per heavy atom. The van der Waals surface area contributed by atoms with Gasteiger partial charge in [0.1, 0.15) is 12.6 Å². The summed E-state index contributed by atoms with van der Waals surface area (Å²) in [5.74, 6) is -0.108. The van der Waals surface area contributed by atoms with Crippen LogP contribution in [0.15, 0.2) is 59.2 Å². The molecule has 2 aromatic carbocycles. The summed E-state index contributed by atoms with van der Waals surface area (Å²) in [7, 11) is 0.173. The van der Waals surface area contributed by atoms with Crippen molar-refractivity contribution in [2.75, 3.05) is 11.9 Å². The summed E-state index contributed by atoms with van der Waals surface area (Å²) in [4.78, 5) is 15.3. The molecule has 0 N–H and O–H groups in total. The quantitative estimate of drug-likeness (QED) is 0.235. The Morgan fingerprint density at radius 2 is 1.73 bits per heavy atom. The fourth-order valence-corrected chi connectivity index (χ4v) is 6.94. The number of hydrogen-bond donors (Lipinski definition) is 0. The van der Waals surface area contributed by atoms with E-state index in [0.717, 1.165) is 21.1 Å². The molecule has 0 radical (unpaired) electrons. The predicted octanol–water partition coefficient (Wildman–Crippen LogP) is 7.46. The van der Waals surface area contributed by atoms with Gasteiger partial charge in [-0.15, -0.1) is 0 Å². The third kappa shape index (κ3) is 5.07. The normalized spacial score (nSPS) is 13.4. The first-order valence-corrected chi connectivity index (χ1v) is 15.3. The number of likely N-dealkylation sites (N-methyl/N-ethyl adjacent to an activating group) is 1. The SMILES string of the molecule is CC(C)[C@@H](C(=O)OCc1ccccc1)N(C)c1cccc2c1c(Br)cn2[Si](C)(C)C(C)(C)C. The Labute approximate surface area is 208 Å². The lowest BCUT2D eigenvalue weighted by Crippen LogP contribution is -2.45. The zero-order valence-electron chi connectivity index (χ0n) is 21.1. The van der Waals surface area contributed by atoms with Crippen molar-refractivity contribution in [1.29, 1.82) is 0 Å². The molecule has 0 aliphatic heterocycles. The van der Waals surface area contributed by atoms with E-state index in [1.807, 2.05) is 37.4 Å². The van der Waals surface area contributed by atoms with Gasteiger partial charge in [-0.3, -0.25) is 0 Å². The third-order valence-electron chi connectivity index (χ3n) is 7.09. The van der Waals surface area contributed by atoms with Gasteiger partial charge in [-0.2, -0.15) is 0 Å². The van der Waals surface area contributed by atoms with Gasteiger partial charge in [0.05, 0.1) is 0 Å². The van der Waals surface area contributed by atoms with Gasteiger partial charge in [-0.05, 0) is 44.6 Å². The minimum absolute atomic E-state index is 0.0924. The summed E-state index contributed by atoms with van der Waals surface area (Å²) in [6, 6.07) is 15.8. The maximum atomic E-state index is 13.2. The lowest BCUT2D eigenvalue weighted by atomic mass is 10.0. The molecule has 0 saturated carbocycles. The van der Waals surface area contributed by atoms with Crippen molar-refractivity contribution in [2.45, 2.75) is 65.4 Å².